The van der Waals surface area contributed by atoms with Crippen molar-refractivity contribution in [1.82, 2.24) is 4.98 Å². The van der Waals surface area contributed by atoms with Gasteiger partial charge in [0.05, 0.1) is 5.56 Å². The van der Waals surface area contributed by atoms with E-state index in [4.69, 9.17) is 11.6 Å². The van der Waals surface area contributed by atoms with Crippen LogP contribution in [0.25, 0.3) is 0 Å². The van der Waals surface area contributed by atoms with Crippen molar-refractivity contribution in [3.8, 4) is 0 Å². The first-order valence-corrected chi connectivity index (χ1v) is 8.97. The zero-order chi connectivity index (χ0) is 20.1. The molecule has 6 nitrogen and oxygen atoms in total. The first-order chi connectivity index (χ1) is 13.4. The zero-order valence-electron chi connectivity index (χ0n) is 15.4. The summed E-state index contributed by atoms with van der Waals surface area (Å²) in [6.07, 6.45) is 1.50. The molecule has 2 aromatic carbocycles. The molecule has 3 N–H and O–H groups in total. The Morgan fingerprint density at radius 2 is 1.71 bits per heavy atom. The molecule has 3 aromatic rings. The largest absolute Gasteiger partial charge is 0.340 e. The van der Waals surface area contributed by atoms with Crippen LogP contribution in [0.4, 0.5) is 22.9 Å². The molecule has 1 aromatic heterocycles. The molecule has 0 aliphatic rings. The molecule has 0 fully saturated rings. The number of carbonyl (C=O) groups is 2. The number of nitrogens with one attached hydrogen (secondary N) is 3. The molecule has 0 aliphatic carbocycles. The van der Waals surface area contributed by atoms with Gasteiger partial charge in [0.1, 0.15) is 5.82 Å². The summed E-state index contributed by atoms with van der Waals surface area (Å²) in [6.45, 7) is 3.38. The minimum atomic E-state index is -0.290. The van der Waals surface area contributed by atoms with Gasteiger partial charge in [0.15, 0.2) is 0 Å². The van der Waals surface area contributed by atoms with E-state index in [2.05, 4.69) is 20.9 Å². The quantitative estimate of drug-likeness (QED) is 0.568. The number of carbonyl (C=O) groups excluding carboxylic acids is 2. The Hall–Kier alpha value is -3.38. The molecule has 3 rings (SSSR count). The average Bonchev–Trinajstić information content (AvgIpc) is 2.64. The lowest BCUT2D eigenvalue weighted by Gasteiger charge is -2.10. The lowest BCUT2D eigenvalue weighted by atomic mass is 10.2. The SMILES string of the molecule is CC(=O)Nc1cccc(NC(=O)c2ccc(Nc3ccc(Cl)cc3C)nc2)c1. The summed E-state index contributed by atoms with van der Waals surface area (Å²) >= 11 is 5.97. The maximum atomic E-state index is 12.4. The van der Waals surface area contributed by atoms with Crippen molar-refractivity contribution in [2.75, 3.05) is 16.0 Å². The second-order valence-electron chi connectivity index (χ2n) is 6.23. The topological polar surface area (TPSA) is 83.1 Å². The van der Waals surface area contributed by atoms with Crippen molar-refractivity contribution in [2.24, 2.45) is 0 Å². The van der Waals surface area contributed by atoms with E-state index >= 15 is 0 Å². The van der Waals surface area contributed by atoms with E-state index in [0.717, 1.165) is 11.3 Å². The molecule has 142 valence electrons. The van der Waals surface area contributed by atoms with E-state index in [1.807, 2.05) is 19.1 Å². The van der Waals surface area contributed by atoms with Crippen molar-refractivity contribution in [3.63, 3.8) is 0 Å². The van der Waals surface area contributed by atoms with Crippen LogP contribution in [0, 0.1) is 6.92 Å². The molecule has 0 aliphatic heterocycles. The second-order valence-corrected chi connectivity index (χ2v) is 6.67. The number of pyridine rings is 1. The molecule has 7 heteroatoms. The first kappa shape index (κ1) is 19.4. The van der Waals surface area contributed by atoms with Gasteiger partial charge in [-0.1, -0.05) is 17.7 Å². The van der Waals surface area contributed by atoms with Crippen LogP contribution in [0.3, 0.4) is 0 Å². The smallest absolute Gasteiger partial charge is 0.257 e. The van der Waals surface area contributed by atoms with Gasteiger partial charge in [0.2, 0.25) is 5.91 Å². The number of halogens is 1. The number of aryl methyl sites for hydroxylation is 1. The number of hydrogen-bond acceptors (Lipinski definition) is 4. The fourth-order valence-electron chi connectivity index (χ4n) is 2.59. The number of benzene rings is 2. The van der Waals surface area contributed by atoms with E-state index in [1.165, 1.54) is 13.1 Å². The summed E-state index contributed by atoms with van der Waals surface area (Å²) < 4.78 is 0. The maximum Gasteiger partial charge on any atom is 0.257 e. The minimum Gasteiger partial charge on any atom is -0.340 e. The summed E-state index contributed by atoms with van der Waals surface area (Å²) in [5, 5.41) is 9.34. The third-order valence-electron chi connectivity index (χ3n) is 3.92. The van der Waals surface area contributed by atoms with Crippen LogP contribution in [-0.4, -0.2) is 16.8 Å². The lowest BCUT2D eigenvalue weighted by Crippen LogP contribution is -2.13. The van der Waals surface area contributed by atoms with Crippen LogP contribution < -0.4 is 16.0 Å². The van der Waals surface area contributed by atoms with E-state index in [9.17, 15) is 9.59 Å². The van der Waals surface area contributed by atoms with Gasteiger partial charge in [-0.15, -0.1) is 0 Å². The monoisotopic (exact) mass is 394 g/mol. The van der Waals surface area contributed by atoms with Gasteiger partial charge in [0, 0.05) is 35.2 Å². The Balaban J connectivity index is 1.67. The molecule has 0 spiro atoms. The Labute approximate surface area is 168 Å². The highest BCUT2D eigenvalue weighted by molar-refractivity contribution is 6.30. The second kappa shape index (κ2) is 8.54. The average molecular weight is 395 g/mol. The van der Waals surface area contributed by atoms with Gasteiger partial charge in [-0.25, -0.2) is 4.98 Å². The lowest BCUT2D eigenvalue weighted by molar-refractivity contribution is -0.114. The van der Waals surface area contributed by atoms with Crippen molar-refractivity contribution in [3.05, 3.63) is 76.9 Å². The van der Waals surface area contributed by atoms with Crippen molar-refractivity contribution < 1.29 is 9.59 Å². The summed E-state index contributed by atoms with van der Waals surface area (Å²) in [5.41, 5.74) is 3.50. The predicted molar refractivity (Wildman–Crippen MR) is 112 cm³/mol. The number of amides is 2. The van der Waals surface area contributed by atoms with Crippen molar-refractivity contribution in [2.45, 2.75) is 13.8 Å². The number of rotatable bonds is 5. The molecule has 0 atom stereocenters. The third kappa shape index (κ3) is 5.08. The Morgan fingerprint density at radius 1 is 0.964 bits per heavy atom. The summed E-state index contributed by atoms with van der Waals surface area (Å²) in [6, 6.07) is 15.9. The van der Waals surface area contributed by atoms with Gasteiger partial charge in [-0.3, -0.25) is 9.59 Å². The van der Waals surface area contributed by atoms with Gasteiger partial charge >= 0.3 is 0 Å². The van der Waals surface area contributed by atoms with Crippen LogP contribution >= 0.6 is 11.6 Å². The molecule has 1 heterocycles. The fraction of sp³-hybridized carbons (Fsp3) is 0.0952. The highest BCUT2D eigenvalue weighted by atomic mass is 35.5. The molecular weight excluding hydrogens is 376 g/mol. The molecular formula is C21H19ClN4O2. The normalized spacial score (nSPS) is 10.2. The molecule has 0 bridgehead atoms. The maximum absolute atomic E-state index is 12.4. The number of aromatic nitrogens is 1. The van der Waals surface area contributed by atoms with Crippen LogP contribution in [0.5, 0.6) is 0 Å². The molecule has 2 amide bonds. The van der Waals surface area contributed by atoms with Gasteiger partial charge < -0.3 is 16.0 Å². The van der Waals surface area contributed by atoms with Gasteiger partial charge in [-0.05, 0) is 61.0 Å². The fourth-order valence-corrected chi connectivity index (χ4v) is 2.82. The number of nitrogens with zero attached hydrogens (tertiary/aromatic N) is 1. The van der Waals surface area contributed by atoms with Crippen molar-refractivity contribution >= 4 is 46.3 Å². The standard InChI is InChI=1S/C21H19ClN4O2/c1-13-10-16(22)7-8-19(13)26-20-9-6-15(12-23-20)21(28)25-18-5-3-4-17(11-18)24-14(2)27/h3-12H,1-2H3,(H,23,26)(H,24,27)(H,25,28). The van der Waals surface area contributed by atoms with E-state index < -0.39 is 0 Å². The molecule has 0 radical (unpaired) electrons. The molecule has 28 heavy (non-hydrogen) atoms. The number of anilines is 4. The summed E-state index contributed by atoms with van der Waals surface area (Å²) in [5.74, 6) is 0.156. The highest BCUT2D eigenvalue weighted by Crippen LogP contribution is 2.23. The van der Waals surface area contributed by atoms with Gasteiger partial charge in [0.25, 0.3) is 5.91 Å². The molecule has 0 unspecified atom stereocenters. The van der Waals surface area contributed by atoms with Crippen LogP contribution in [0.15, 0.2) is 60.8 Å². The van der Waals surface area contributed by atoms with Crippen LogP contribution in [0.1, 0.15) is 22.8 Å². The summed E-state index contributed by atoms with van der Waals surface area (Å²) in [4.78, 5) is 27.9. The Morgan fingerprint density at radius 3 is 2.36 bits per heavy atom. The Kier molecular flexibility index (Phi) is 5.91. The third-order valence-corrected chi connectivity index (χ3v) is 4.15. The predicted octanol–water partition coefficient (Wildman–Crippen LogP) is 5.00. The van der Waals surface area contributed by atoms with Gasteiger partial charge in [-0.2, -0.15) is 0 Å². The van der Waals surface area contributed by atoms with Crippen LogP contribution in [0.2, 0.25) is 5.02 Å². The van der Waals surface area contributed by atoms with Crippen molar-refractivity contribution in [1.29, 1.82) is 0 Å². The van der Waals surface area contributed by atoms with E-state index in [1.54, 1.807) is 42.5 Å². The van der Waals surface area contributed by atoms with E-state index in [-0.39, 0.29) is 11.8 Å². The molecule has 0 saturated heterocycles. The van der Waals surface area contributed by atoms with E-state index in [0.29, 0.717) is 27.8 Å². The molecule has 0 saturated carbocycles. The zero-order valence-corrected chi connectivity index (χ0v) is 16.2. The summed E-state index contributed by atoms with van der Waals surface area (Å²) in [7, 11) is 0. The highest BCUT2D eigenvalue weighted by Gasteiger charge is 2.08. The Bertz CT molecular complexity index is 1020. The first-order valence-electron chi connectivity index (χ1n) is 8.59. The van der Waals surface area contributed by atoms with Crippen LogP contribution in [-0.2, 0) is 4.79 Å². The number of hydrogen-bond donors (Lipinski definition) is 3. The minimum absolute atomic E-state index is 0.174.